The monoisotopic (exact) mass is 496 g/mol. The fourth-order valence-corrected chi connectivity index (χ4v) is 3.95. The molecule has 192 valence electrons. The van der Waals surface area contributed by atoms with Gasteiger partial charge in [-0.2, -0.15) is 0 Å². The third-order valence-electron chi connectivity index (χ3n) is 5.82. The van der Waals surface area contributed by atoms with E-state index in [0.717, 1.165) is 24.0 Å². The Morgan fingerprint density at radius 2 is 1.03 bits per heavy atom. The highest BCUT2D eigenvalue weighted by Gasteiger charge is 2.30. The van der Waals surface area contributed by atoms with Crippen LogP contribution in [0, 0.1) is 0 Å². The molecule has 36 heavy (non-hydrogen) atoms. The Labute approximate surface area is 211 Å². The average molecular weight is 497 g/mol. The molecule has 0 spiro atoms. The van der Waals surface area contributed by atoms with Crippen LogP contribution in [0.2, 0.25) is 0 Å². The van der Waals surface area contributed by atoms with Gasteiger partial charge in [-0.05, 0) is 73.2 Å². The normalized spacial score (nSPS) is 17.6. The first-order valence-electron chi connectivity index (χ1n) is 11.7. The molecule has 0 aromatic heterocycles. The van der Waals surface area contributed by atoms with Crippen LogP contribution < -0.4 is 18.9 Å². The standard InChI is InChI=1S/C28H32O8/c1-31-21-13-9-19(17-25(21)33-3)11-15-27(29)35-23-7-5-6-8-24(23)36-28(30)16-12-20-10-14-22(32-2)26(18-20)34-4/h9-18,23-24H,5-8H2,1-4H3/b15-11+,16-12+. The molecule has 2 aromatic rings. The van der Waals surface area contributed by atoms with E-state index in [0.29, 0.717) is 35.8 Å². The first-order chi connectivity index (χ1) is 17.5. The van der Waals surface area contributed by atoms with Gasteiger partial charge in [0.25, 0.3) is 0 Å². The van der Waals surface area contributed by atoms with Gasteiger partial charge in [-0.3, -0.25) is 0 Å². The number of rotatable bonds is 10. The predicted octanol–water partition coefficient (Wildman–Crippen LogP) is 4.85. The molecular formula is C28H32O8. The van der Waals surface area contributed by atoms with Crippen molar-refractivity contribution in [1.29, 1.82) is 0 Å². The third-order valence-corrected chi connectivity index (χ3v) is 5.82. The Morgan fingerprint density at radius 3 is 1.39 bits per heavy atom. The molecule has 0 amide bonds. The first kappa shape index (κ1) is 26.7. The summed E-state index contributed by atoms with van der Waals surface area (Å²) in [7, 11) is 6.22. The second kappa shape index (κ2) is 13.2. The van der Waals surface area contributed by atoms with E-state index >= 15 is 0 Å². The summed E-state index contributed by atoms with van der Waals surface area (Å²) in [5, 5.41) is 0. The van der Waals surface area contributed by atoms with Gasteiger partial charge in [0.1, 0.15) is 12.2 Å². The van der Waals surface area contributed by atoms with Gasteiger partial charge in [0.15, 0.2) is 23.0 Å². The summed E-state index contributed by atoms with van der Waals surface area (Å²) in [5.74, 6) is 1.33. The minimum atomic E-state index is -0.501. The van der Waals surface area contributed by atoms with E-state index in [-0.39, 0.29) is 0 Å². The van der Waals surface area contributed by atoms with E-state index < -0.39 is 24.1 Å². The van der Waals surface area contributed by atoms with Crippen LogP contribution in [0.3, 0.4) is 0 Å². The number of esters is 2. The molecule has 2 aromatic carbocycles. The molecule has 1 fully saturated rings. The maximum absolute atomic E-state index is 12.5. The highest BCUT2D eigenvalue weighted by Crippen LogP contribution is 2.29. The topological polar surface area (TPSA) is 89.5 Å². The maximum Gasteiger partial charge on any atom is 0.331 e. The van der Waals surface area contributed by atoms with Crippen molar-refractivity contribution in [3.8, 4) is 23.0 Å². The number of hydrogen-bond donors (Lipinski definition) is 0. The zero-order chi connectivity index (χ0) is 25.9. The molecule has 0 aliphatic heterocycles. The van der Waals surface area contributed by atoms with Crippen molar-refractivity contribution in [1.82, 2.24) is 0 Å². The van der Waals surface area contributed by atoms with Gasteiger partial charge >= 0.3 is 11.9 Å². The third kappa shape index (κ3) is 7.28. The first-order valence-corrected chi connectivity index (χ1v) is 11.7. The Hall–Kier alpha value is -3.94. The summed E-state index contributed by atoms with van der Waals surface area (Å²) in [5.41, 5.74) is 1.52. The molecular weight excluding hydrogens is 464 g/mol. The lowest BCUT2D eigenvalue weighted by Gasteiger charge is -2.30. The molecule has 1 saturated carbocycles. The Morgan fingerprint density at radius 1 is 0.639 bits per heavy atom. The van der Waals surface area contributed by atoms with E-state index in [9.17, 15) is 9.59 Å². The predicted molar refractivity (Wildman–Crippen MR) is 135 cm³/mol. The van der Waals surface area contributed by atoms with Crippen LogP contribution in [0.15, 0.2) is 48.6 Å². The molecule has 2 unspecified atom stereocenters. The van der Waals surface area contributed by atoms with Crippen molar-refractivity contribution in [3.05, 3.63) is 59.7 Å². The van der Waals surface area contributed by atoms with E-state index in [4.69, 9.17) is 28.4 Å². The van der Waals surface area contributed by atoms with E-state index in [1.807, 2.05) is 0 Å². The number of carbonyl (C=O) groups is 2. The zero-order valence-electron chi connectivity index (χ0n) is 21.0. The lowest BCUT2D eigenvalue weighted by atomic mass is 9.94. The van der Waals surface area contributed by atoms with Gasteiger partial charge < -0.3 is 28.4 Å². The minimum Gasteiger partial charge on any atom is -0.493 e. The molecule has 3 rings (SSSR count). The van der Waals surface area contributed by atoms with Gasteiger partial charge in [0, 0.05) is 12.2 Å². The van der Waals surface area contributed by atoms with Crippen molar-refractivity contribution in [2.45, 2.75) is 37.9 Å². The zero-order valence-corrected chi connectivity index (χ0v) is 21.0. The Balaban J connectivity index is 1.59. The molecule has 0 N–H and O–H groups in total. The highest BCUT2D eigenvalue weighted by atomic mass is 16.6. The maximum atomic E-state index is 12.5. The average Bonchev–Trinajstić information content (AvgIpc) is 2.91. The van der Waals surface area contributed by atoms with Crippen molar-refractivity contribution >= 4 is 24.1 Å². The van der Waals surface area contributed by atoms with Crippen molar-refractivity contribution in [3.63, 3.8) is 0 Å². The fraction of sp³-hybridized carbons (Fsp3) is 0.357. The molecule has 0 saturated heterocycles. The fourth-order valence-electron chi connectivity index (χ4n) is 3.95. The van der Waals surface area contributed by atoms with E-state index in [2.05, 4.69) is 0 Å². The Bertz CT molecular complexity index is 1020. The second-order valence-electron chi connectivity index (χ2n) is 8.13. The van der Waals surface area contributed by atoms with Crippen LogP contribution in [0.5, 0.6) is 23.0 Å². The van der Waals surface area contributed by atoms with E-state index in [1.165, 1.54) is 12.2 Å². The van der Waals surface area contributed by atoms with Crippen LogP contribution in [0.25, 0.3) is 12.2 Å². The summed E-state index contributed by atoms with van der Waals surface area (Å²) in [4.78, 5) is 25.0. The summed E-state index contributed by atoms with van der Waals surface area (Å²) in [6.07, 6.45) is 8.04. The summed E-state index contributed by atoms with van der Waals surface area (Å²) < 4.78 is 32.3. The second-order valence-corrected chi connectivity index (χ2v) is 8.13. The number of hydrogen-bond acceptors (Lipinski definition) is 8. The summed E-state index contributed by atoms with van der Waals surface area (Å²) in [6, 6.07) is 10.7. The van der Waals surface area contributed by atoms with Crippen molar-refractivity contribution in [2.24, 2.45) is 0 Å². The van der Waals surface area contributed by atoms with Crippen molar-refractivity contribution < 1.29 is 38.0 Å². The van der Waals surface area contributed by atoms with Crippen molar-refractivity contribution in [2.75, 3.05) is 28.4 Å². The molecule has 0 heterocycles. The van der Waals surface area contributed by atoms with Crippen LogP contribution in [0.4, 0.5) is 0 Å². The van der Waals surface area contributed by atoms with Gasteiger partial charge in [-0.1, -0.05) is 12.1 Å². The van der Waals surface area contributed by atoms with Gasteiger partial charge in [-0.25, -0.2) is 9.59 Å². The highest BCUT2D eigenvalue weighted by molar-refractivity contribution is 5.88. The number of methoxy groups -OCH3 is 4. The van der Waals surface area contributed by atoms with Crippen LogP contribution in [-0.4, -0.2) is 52.6 Å². The van der Waals surface area contributed by atoms with Gasteiger partial charge in [0.05, 0.1) is 28.4 Å². The smallest absolute Gasteiger partial charge is 0.331 e. The van der Waals surface area contributed by atoms with Crippen LogP contribution in [-0.2, 0) is 19.1 Å². The number of benzene rings is 2. The van der Waals surface area contributed by atoms with Crippen LogP contribution in [0.1, 0.15) is 36.8 Å². The lowest BCUT2D eigenvalue weighted by Crippen LogP contribution is -2.37. The molecule has 1 aliphatic carbocycles. The number of ether oxygens (including phenoxy) is 6. The largest absolute Gasteiger partial charge is 0.493 e. The van der Waals surface area contributed by atoms with Gasteiger partial charge in [0.2, 0.25) is 0 Å². The molecule has 8 heteroatoms. The Kier molecular flexibility index (Phi) is 9.80. The lowest BCUT2D eigenvalue weighted by molar-refractivity contribution is -0.165. The number of carbonyl (C=O) groups excluding carboxylic acids is 2. The van der Waals surface area contributed by atoms with Gasteiger partial charge in [-0.15, -0.1) is 0 Å². The van der Waals surface area contributed by atoms with Crippen LogP contribution >= 0.6 is 0 Å². The molecule has 2 atom stereocenters. The molecule has 8 nitrogen and oxygen atoms in total. The molecule has 0 bridgehead atoms. The molecule has 1 aliphatic rings. The molecule has 0 radical (unpaired) electrons. The quantitative estimate of drug-likeness (QED) is 0.341. The summed E-state index contributed by atoms with van der Waals surface area (Å²) >= 11 is 0. The minimum absolute atomic E-state index is 0.500. The van der Waals surface area contributed by atoms with E-state index in [1.54, 1.807) is 77.0 Å². The SMILES string of the molecule is COc1ccc(/C=C/C(=O)OC2CCCCC2OC(=O)/C=C/c2ccc(OC)c(OC)c2)cc1OC. The summed E-state index contributed by atoms with van der Waals surface area (Å²) in [6.45, 7) is 0.